The summed E-state index contributed by atoms with van der Waals surface area (Å²) in [4.78, 5) is 43.6. The van der Waals surface area contributed by atoms with Crippen LogP contribution in [0.3, 0.4) is 0 Å². The van der Waals surface area contributed by atoms with Crippen LogP contribution in [-0.2, 0) is 20.9 Å². The number of guanidine groups is 1. The third kappa shape index (κ3) is 5.43. The van der Waals surface area contributed by atoms with Crippen molar-refractivity contribution in [3.63, 3.8) is 0 Å². The third-order valence-electron chi connectivity index (χ3n) is 6.55. The topological polar surface area (TPSA) is 121 Å². The molecule has 2 aliphatic heterocycles. The van der Waals surface area contributed by atoms with Gasteiger partial charge >= 0.3 is 5.97 Å². The SMILES string of the molecule is COc1c(OCCCCC(=O)N(CC(=O)O)C2CCCCC2)ccc2c1CN1CC(=O)NC1=N2. The molecule has 0 atom stereocenters. The fourth-order valence-electron chi connectivity index (χ4n) is 4.88. The summed E-state index contributed by atoms with van der Waals surface area (Å²) in [5.74, 6) is 0.612. The van der Waals surface area contributed by atoms with Gasteiger partial charge < -0.3 is 24.4 Å². The zero-order valence-electron chi connectivity index (χ0n) is 19.5. The molecule has 0 unspecified atom stereocenters. The molecule has 2 fully saturated rings. The number of aliphatic carboxylic acids is 1. The fraction of sp³-hybridized carbons (Fsp3) is 0.583. The Bertz CT molecular complexity index is 972. The number of ether oxygens (including phenoxy) is 2. The number of carbonyl (C=O) groups excluding carboxylic acids is 2. The van der Waals surface area contributed by atoms with Crippen molar-refractivity contribution in [3.05, 3.63) is 17.7 Å². The zero-order chi connectivity index (χ0) is 24.1. The van der Waals surface area contributed by atoms with Crippen LogP contribution < -0.4 is 14.8 Å². The second kappa shape index (κ2) is 10.8. The Labute approximate surface area is 198 Å². The molecule has 0 bridgehead atoms. The molecular weight excluding hydrogens is 440 g/mol. The van der Waals surface area contributed by atoms with Gasteiger partial charge in [-0.15, -0.1) is 0 Å². The summed E-state index contributed by atoms with van der Waals surface area (Å²) in [6, 6.07) is 3.69. The second-order valence-corrected chi connectivity index (χ2v) is 8.95. The smallest absolute Gasteiger partial charge is 0.323 e. The Kier molecular flexibility index (Phi) is 7.54. The first-order valence-corrected chi connectivity index (χ1v) is 11.9. The molecule has 34 heavy (non-hydrogen) atoms. The lowest BCUT2D eigenvalue weighted by Gasteiger charge is -2.33. The van der Waals surface area contributed by atoms with E-state index in [1.54, 1.807) is 18.1 Å². The first-order chi connectivity index (χ1) is 16.5. The number of carbonyl (C=O) groups is 3. The summed E-state index contributed by atoms with van der Waals surface area (Å²) in [6.07, 6.45) is 6.58. The van der Waals surface area contributed by atoms with Gasteiger partial charge in [-0.2, -0.15) is 0 Å². The van der Waals surface area contributed by atoms with Crippen LogP contribution in [0.15, 0.2) is 17.1 Å². The molecule has 1 aromatic rings. The average molecular weight is 473 g/mol. The number of carboxylic acids is 1. The van der Waals surface area contributed by atoms with Gasteiger partial charge in [0.15, 0.2) is 11.5 Å². The van der Waals surface area contributed by atoms with Crippen molar-refractivity contribution in [2.24, 2.45) is 4.99 Å². The predicted octanol–water partition coefficient (Wildman–Crippen LogP) is 2.42. The Hall–Kier alpha value is -3.30. The monoisotopic (exact) mass is 472 g/mol. The van der Waals surface area contributed by atoms with Gasteiger partial charge in [-0.3, -0.25) is 19.7 Å². The van der Waals surface area contributed by atoms with Crippen molar-refractivity contribution < 1.29 is 29.0 Å². The predicted molar refractivity (Wildman–Crippen MR) is 124 cm³/mol. The van der Waals surface area contributed by atoms with Crippen LogP contribution in [0.2, 0.25) is 0 Å². The number of fused-ring (bicyclic) bond motifs is 2. The standard InChI is InChI=1S/C24H32N4O6/c1-33-23-17-13-27-14-20(29)26-24(27)25-18(17)10-11-19(23)34-12-6-5-9-21(30)28(15-22(31)32)16-7-3-2-4-8-16/h10-11,16H,2-9,12-15H2,1H3,(H,31,32)(H,25,26,29). The van der Waals surface area contributed by atoms with Gasteiger partial charge in [0.05, 0.1) is 25.9 Å². The number of benzene rings is 1. The lowest BCUT2D eigenvalue weighted by atomic mass is 9.94. The molecule has 1 aromatic carbocycles. The first-order valence-electron chi connectivity index (χ1n) is 11.9. The van der Waals surface area contributed by atoms with Gasteiger partial charge in [-0.05, 0) is 37.8 Å². The number of methoxy groups -OCH3 is 1. The van der Waals surface area contributed by atoms with Crippen molar-refractivity contribution in [2.45, 2.75) is 64.0 Å². The van der Waals surface area contributed by atoms with E-state index >= 15 is 0 Å². The van der Waals surface area contributed by atoms with Crippen molar-refractivity contribution in [2.75, 3.05) is 26.8 Å². The number of rotatable bonds is 10. The van der Waals surface area contributed by atoms with E-state index in [0.29, 0.717) is 49.9 Å². The number of nitrogens with one attached hydrogen (secondary N) is 1. The molecule has 184 valence electrons. The van der Waals surface area contributed by atoms with E-state index in [9.17, 15) is 19.5 Å². The zero-order valence-corrected chi connectivity index (χ0v) is 19.5. The Morgan fingerprint density at radius 2 is 2.00 bits per heavy atom. The normalized spacial score (nSPS) is 17.4. The lowest BCUT2D eigenvalue weighted by Crippen LogP contribution is -2.44. The van der Waals surface area contributed by atoms with Gasteiger partial charge in [0, 0.05) is 18.0 Å². The summed E-state index contributed by atoms with van der Waals surface area (Å²) >= 11 is 0. The van der Waals surface area contributed by atoms with Crippen LogP contribution in [0.1, 0.15) is 56.9 Å². The highest BCUT2D eigenvalue weighted by molar-refractivity contribution is 6.06. The molecule has 3 aliphatic rings. The Morgan fingerprint density at radius 1 is 1.21 bits per heavy atom. The summed E-state index contributed by atoms with van der Waals surface area (Å²) in [6.45, 7) is 0.945. The fourth-order valence-corrected chi connectivity index (χ4v) is 4.88. The highest BCUT2D eigenvalue weighted by atomic mass is 16.5. The highest BCUT2D eigenvalue weighted by Crippen LogP contribution is 2.40. The number of aliphatic imine (C=N–C) groups is 1. The van der Waals surface area contributed by atoms with Crippen LogP contribution in [0.4, 0.5) is 5.69 Å². The maximum Gasteiger partial charge on any atom is 0.323 e. The lowest BCUT2D eigenvalue weighted by molar-refractivity contribution is -0.146. The van der Waals surface area contributed by atoms with E-state index in [1.165, 1.54) is 0 Å². The van der Waals surface area contributed by atoms with E-state index < -0.39 is 5.97 Å². The second-order valence-electron chi connectivity index (χ2n) is 8.95. The number of hydrogen-bond donors (Lipinski definition) is 2. The van der Waals surface area contributed by atoms with E-state index in [1.807, 2.05) is 11.0 Å². The Morgan fingerprint density at radius 3 is 2.74 bits per heavy atom. The van der Waals surface area contributed by atoms with Gasteiger partial charge in [0.25, 0.3) is 0 Å². The minimum absolute atomic E-state index is 0.0395. The van der Waals surface area contributed by atoms with Gasteiger partial charge in [0.2, 0.25) is 17.8 Å². The molecule has 10 nitrogen and oxygen atoms in total. The molecule has 10 heteroatoms. The molecule has 0 aromatic heterocycles. The number of amides is 2. The summed E-state index contributed by atoms with van der Waals surface area (Å²) in [5, 5.41) is 12.0. The molecule has 1 saturated carbocycles. The molecule has 2 amide bonds. The van der Waals surface area contributed by atoms with Crippen LogP contribution >= 0.6 is 0 Å². The van der Waals surface area contributed by atoms with Crippen LogP contribution in [0, 0.1) is 0 Å². The molecule has 1 saturated heterocycles. The van der Waals surface area contributed by atoms with Crippen LogP contribution in [0.5, 0.6) is 11.5 Å². The van der Waals surface area contributed by atoms with E-state index in [-0.39, 0.29) is 30.9 Å². The maximum absolute atomic E-state index is 12.7. The van der Waals surface area contributed by atoms with Crippen LogP contribution in [0.25, 0.3) is 0 Å². The molecular formula is C24H32N4O6. The largest absolute Gasteiger partial charge is 0.492 e. The Balaban J connectivity index is 1.29. The summed E-state index contributed by atoms with van der Waals surface area (Å²) in [7, 11) is 1.58. The van der Waals surface area contributed by atoms with Crippen LogP contribution in [-0.4, -0.2) is 71.5 Å². The first kappa shape index (κ1) is 23.8. The molecule has 4 rings (SSSR count). The molecule has 0 spiro atoms. The minimum atomic E-state index is -0.965. The number of hydrogen-bond acceptors (Lipinski definition) is 7. The van der Waals surface area contributed by atoms with Gasteiger partial charge in [-0.1, -0.05) is 19.3 Å². The van der Waals surface area contributed by atoms with Gasteiger partial charge in [-0.25, -0.2) is 4.99 Å². The summed E-state index contributed by atoms with van der Waals surface area (Å²) < 4.78 is 11.6. The molecule has 2 N–H and O–H groups in total. The van der Waals surface area contributed by atoms with Gasteiger partial charge in [0.1, 0.15) is 13.1 Å². The third-order valence-corrected chi connectivity index (χ3v) is 6.55. The van der Waals surface area contributed by atoms with E-state index in [4.69, 9.17) is 9.47 Å². The van der Waals surface area contributed by atoms with E-state index in [0.717, 1.165) is 43.4 Å². The molecule has 0 radical (unpaired) electrons. The maximum atomic E-state index is 12.7. The van der Waals surface area contributed by atoms with Crippen molar-refractivity contribution >= 4 is 29.4 Å². The van der Waals surface area contributed by atoms with Crippen molar-refractivity contribution in [3.8, 4) is 11.5 Å². The quantitative estimate of drug-likeness (QED) is 0.502. The average Bonchev–Trinajstić information content (AvgIpc) is 3.19. The highest BCUT2D eigenvalue weighted by Gasteiger charge is 2.31. The molecule has 1 aliphatic carbocycles. The minimum Gasteiger partial charge on any atom is -0.492 e. The van der Waals surface area contributed by atoms with Crippen molar-refractivity contribution in [1.82, 2.24) is 15.1 Å². The number of nitrogens with zero attached hydrogens (tertiary/aromatic N) is 3. The van der Waals surface area contributed by atoms with E-state index in [2.05, 4.69) is 10.3 Å². The summed E-state index contributed by atoms with van der Waals surface area (Å²) in [5.41, 5.74) is 1.61. The molecule has 2 heterocycles. The number of carboxylic acid groups (broad SMARTS) is 1. The van der Waals surface area contributed by atoms with Crippen molar-refractivity contribution in [1.29, 1.82) is 0 Å². The number of unbranched alkanes of at least 4 members (excludes halogenated alkanes) is 1.